The highest BCUT2D eigenvalue weighted by atomic mass is 35.5. The largest absolute Gasteiger partial charge is 0.507 e. The number of benzene rings is 3. The summed E-state index contributed by atoms with van der Waals surface area (Å²) in [5.41, 5.74) is 2.69. The van der Waals surface area contributed by atoms with E-state index >= 15 is 0 Å². The first-order valence-electron chi connectivity index (χ1n) is 12.7. The van der Waals surface area contributed by atoms with E-state index in [0.717, 1.165) is 22.2 Å². The zero-order valence-corrected chi connectivity index (χ0v) is 23.3. The quantitative estimate of drug-likeness (QED) is 0.140. The van der Waals surface area contributed by atoms with Gasteiger partial charge in [0.1, 0.15) is 5.76 Å². The fourth-order valence-electron chi connectivity index (χ4n) is 4.53. The molecule has 0 saturated carbocycles. The zero-order valence-electron chi connectivity index (χ0n) is 21.7. The summed E-state index contributed by atoms with van der Waals surface area (Å²) in [7, 11) is 0. The zero-order chi connectivity index (χ0) is 27.7. The van der Waals surface area contributed by atoms with Crippen LogP contribution in [0.2, 0.25) is 5.02 Å². The van der Waals surface area contributed by atoms with Gasteiger partial charge in [-0.2, -0.15) is 0 Å². The van der Waals surface area contributed by atoms with E-state index in [0.29, 0.717) is 46.0 Å². The first-order chi connectivity index (χ1) is 18.8. The number of fused-ring (bicyclic) bond motifs is 1. The number of carbonyl (C=O) groups is 2. The van der Waals surface area contributed by atoms with Gasteiger partial charge in [0.25, 0.3) is 5.78 Å². The van der Waals surface area contributed by atoms with Gasteiger partial charge in [0.15, 0.2) is 16.6 Å². The van der Waals surface area contributed by atoms with E-state index in [1.165, 1.54) is 16.2 Å². The first kappa shape index (κ1) is 26.7. The standard InChI is InChI=1S/C30H27ClN2O5S/c1-4-14-38-22-13-9-19(16-23(22)37-5-2)26-25(27(34)18-7-10-20(31)11-8-18)28(35)29(36)33(26)30-32-21-12-6-17(3)15-24(21)39-30/h6-13,15-16,26,34H,4-5,14H2,1-3H3. The molecule has 39 heavy (non-hydrogen) atoms. The molecule has 0 spiro atoms. The van der Waals surface area contributed by atoms with E-state index in [1.54, 1.807) is 42.5 Å². The number of hydrogen-bond donors (Lipinski definition) is 1. The number of anilines is 1. The number of nitrogens with zero attached hydrogens (tertiary/aromatic N) is 2. The molecule has 1 unspecified atom stereocenters. The van der Waals surface area contributed by atoms with Crippen molar-refractivity contribution in [1.82, 2.24) is 4.98 Å². The van der Waals surface area contributed by atoms with Crippen molar-refractivity contribution in [3.63, 3.8) is 0 Å². The fraction of sp³-hybridized carbons (Fsp3) is 0.233. The van der Waals surface area contributed by atoms with Crippen LogP contribution in [-0.4, -0.2) is 35.0 Å². The monoisotopic (exact) mass is 562 g/mol. The number of Topliss-reactive ketones (excluding diaryl/α,β-unsaturated/α-hetero) is 1. The van der Waals surface area contributed by atoms with Gasteiger partial charge in [-0.1, -0.05) is 42.0 Å². The molecule has 0 aliphatic carbocycles. The van der Waals surface area contributed by atoms with E-state index in [1.807, 2.05) is 39.0 Å². The van der Waals surface area contributed by atoms with E-state index < -0.39 is 17.7 Å². The van der Waals surface area contributed by atoms with Gasteiger partial charge in [-0.25, -0.2) is 4.98 Å². The van der Waals surface area contributed by atoms with Crippen LogP contribution < -0.4 is 14.4 Å². The highest BCUT2D eigenvalue weighted by Crippen LogP contribution is 2.46. The molecular formula is C30H27ClN2O5S. The van der Waals surface area contributed by atoms with Crippen LogP contribution in [0.1, 0.15) is 43.0 Å². The summed E-state index contributed by atoms with van der Waals surface area (Å²) in [6, 6.07) is 16.6. The number of rotatable bonds is 8. The molecule has 1 saturated heterocycles. The molecule has 0 bridgehead atoms. The van der Waals surface area contributed by atoms with Crippen LogP contribution in [0.5, 0.6) is 11.5 Å². The Bertz CT molecular complexity index is 1590. The van der Waals surface area contributed by atoms with E-state index in [-0.39, 0.29) is 11.3 Å². The van der Waals surface area contributed by atoms with Gasteiger partial charge in [-0.05, 0) is 79.9 Å². The van der Waals surface area contributed by atoms with Crippen LogP contribution in [0, 0.1) is 6.92 Å². The normalized spacial score (nSPS) is 16.7. The predicted molar refractivity (Wildman–Crippen MR) is 154 cm³/mol. The van der Waals surface area contributed by atoms with Gasteiger partial charge < -0.3 is 14.6 Å². The predicted octanol–water partition coefficient (Wildman–Crippen LogP) is 7.07. The number of carbonyl (C=O) groups excluding carboxylic acids is 2. The van der Waals surface area contributed by atoms with E-state index in [9.17, 15) is 14.7 Å². The van der Waals surface area contributed by atoms with Gasteiger partial charge in [0.05, 0.1) is 35.0 Å². The molecule has 1 aliphatic rings. The molecule has 1 N–H and O–H groups in total. The topological polar surface area (TPSA) is 89.0 Å². The molecule has 0 radical (unpaired) electrons. The Morgan fingerprint density at radius 3 is 2.51 bits per heavy atom. The number of thiazole rings is 1. The average Bonchev–Trinajstić information content (AvgIpc) is 3.45. The van der Waals surface area contributed by atoms with Crippen molar-refractivity contribution < 1.29 is 24.2 Å². The Kier molecular flexibility index (Phi) is 7.59. The third-order valence-electron chi connectivity index (χ3n) is 6.35. The first-order valence-corrected chi connectivity index (χ1v) is 13.9. The summed E-state index contributed by atoms with van der Waals surface area (Å²) in [5, 5.41) is 12.2. The molecule has 1 aromatic heterocycles. The molecule has 1 amide bonds. The molecule has 9 heteroatoms. The maximum absolute atomic E-state index is 13.6. The number of aliphatic hydroxyl groups is 1. The van der Waals surface area contributed by atoms with Gasteiger partial charge in [0.2, 0.25) is 0 Å². The van der Waals surface area contributed by atoms with E-state index in [4.69, 9.17) is 21.1 Å². The molecule has 1 atom stereocenters. The highest BCUT2D eigenvalue weighted by Gasteiger charge is 2.48. The van der Waals surface area contributed by atoms with Crippen LogP contribution in [0.15, 0.2) is 66.2 Å². The lowest BCUT2D eigenvalue weighted by molar-refractivity contribution is -0.132. The molecule has 4 aromatic rings. The second kappa shape index (κ2) is 11.1. The van der Waals surface area contributed by atoms with Crippen molar-refractivity contribution in [2.24, 2.45) is 0 Å². The summed E-state index contributed by atoms with van der Waals surface area (Å²) in [4.78, 5) is 33.1. The molecule has 1 aliphatic heterocycles. The summed E-state index contributed by atoms with van der Waals surface area (Å²) in [5.74, 6) is -0.811. The Balaban J connectivity index is 1.71. The summed E-state index contributed by atoms with van der Waals surface area (Å²) in [6.07, 6.45) is 0.825. The van der Waals surface area contributed by atoms with Crippen LogP contribution in [0.3, 0.4) is 0 Å². The second-order valence-electron chi connectivity index (χ2n) is 9.13. The van der Waals surface area contributed by atoms with Crippen LogP contribution in [0.4, 0.5) is 5.13 Å². The maximum Gasteiger partial charge on any atom is 0.301 e. The van der Waals surface area contributed by atoms with Crippen molar-refractivity contribution in [3.8, 4) is 11.5 Å². The number of ether oxygens (including phenoxy) is 2. The van der Waals surface area contributed by atoms with Crippen molar-refractivity contribution in [2.45, 2.75) is 33.2 Å². The van der Waals surface area contributed by atoms with Crippen molar-refractivity contribution in [1.29, 1.82) is 0 Å². The number of aliphatic hydroxyl groups excluding tert-OH is 1. The minimum absolute atomic E-state index is 0.0394. The van der Waals surface area contributed by atoms with Gasteiger partial charge >= 0.3 is 5.91 Å². The third kappa shape index (κ3) is 5.10. The van der Waals surface area contributed by atoms with Crippen LogP contribution >= 0.6 is 22.9 Å². The molecule has 200 valence electrons. The van der Waals surface area contributed by atoms with Gasteiger partial charge in [-0.3, -0.25) is 14.5 Å². The smallest absolute Gasteiger partial charge is 0.301 e. The third-order valence-corrected chi connectivity index (χ3v) is 7.62. The van der Waals surface area contributed by atoms with Crippen molar-refractivity contribution in [2.75, 3.05) is 18.1 Å². The Morgan fingerprint density at radius 2 is 1.79 bits per heavy atom. The maximum atomic E-state index is 13.6. The molecule has 3 aromatic carbocycles. The number of aryl methyl sites for hydroxylation is 1. The number of hydrogen-bond acceptors (Lipinski definition) is 7. The Hall–Kier alpha value is -3.88. The van der Waals surface area contributed by atoms with E-state index in [2.05, 4.69) is 4.98 Å². The highest BCUT2D eigenvalue weighted by molar-refractivity contribution is 7.22. The summed E-state index contributed by atoms with van der Waals surface area (Å²) < 4.78 is 12.6. The summed E-state index contributed by atoms with van der Waals surface area (Å²) >= 11 is 7.36. The minimum Gasteiger partial charge on any atom is -0.507 e. The Morgan fingerprint density at radius 1 is 1.03 bits per heavy atom. The number of halogens is 1. The van der Waals surface area contributed by atoms with Gasteiger partial charge in [-0.15, -0.1) is 0 Å². The lowest BCUT2D eigenvalue weighted by atomic mass is 9.95. The molecule has 1 fully saturated rings. The summed E-state index contributed by atoms with van der Waals surface area (Å²) in [6.45, 7) is 6.77. The van der Waals surface area contributed by atoms with Gasteiger partial charge in [0, 0.05) is 10.6 Å². The van der Waals surface area contributed by atoms with Crippen molar-refractivity contribution in [3.05, 3.63) is 87.9 Å². The SMILES string of the molecule is CCCOc1ccc(C2C(=C(O)c3ccc(Cl)cc3)C(=O)C(=O)N2c2nc3ccc(C)cc3s2)cc1OCC. The molecule has 2 heterocycles. The average molecular weight is 563 g/mol. The Labute approximate surface area is 235 Å². The minimum atomic E-state index is -0.943. The molecule has 5 rings (SSSR count). The second-order valence-corrected chi connectivity index (χ2v) is 10.6. The van der Waals surface area contributed by atoms with Crippen LogP contribution in [-0.2, 0) is 9.59 Å². The molecule has 7 nitrogen and oxygen atoms in total. The van der Waals surface area contributed by atoms with Crippen LogP contribution in [0.25, 0.3) is 16.0 Å². The number of aromatic nitrogens is 1. The van der Waals surface area contributed by atoms with Crippen molar-refractivity contribution >= 4 is 55.7 Å². The lowest BCUT2D eigenvalue weighted by Gasteiger charge is -2.24. The molecular weight excluding hydrogens is 536 g/mol. The number of amides is 1. The number of ketones is 1. The fourth-order valence-corrected chi connectivity index (χ4v) is 5.74. The lowest BCUT2D eigenvalue weighted by Crippen LogP contribution is -2.29.